The standard InChI is InChI=1S/C12H13F3N2O3S3/c13-12(14,15)8-1-3-9(4-2-8)23(18,19)20-17-11(16)10-7-21-5-6-22-10/h1-4,10H,5-7H2,(H2,16,17)/t10-/m1/s1. The fourth-order valence-corrected chi connectivity index (χ4v) is 4.98. The molecule has 23 heavy (non-hydrogen) atoms. The molecule has 0 bridgehead atoms. The predicted octanol–water partition coefficient (Wildman–Crippen LogP) is 2.53. The molecule has 0 radical (unpaired) electrons. The summed E-state index contributed by atoms with van der Waals surface area (Å²) >= 11 is 3.22. The van der Waals surface area contributed by atoms with E-state index in [2.05, 4.69) is 9.44 Å². The number of nitrogens with zero attached hydrogens (tertiary/aromatic N) is 1. The van der Waals surface area contributed by atoms with Gasteiger partial charge >= 0.3 is 16.3 Å². The van der Waals surface area contributed by atoms with Crippen LogP contribution in [0, 0.1) is 0 Å². The van der Waals surface area contributed by atoms with Crippen LogP contribution in [0.2, 0.25) is 0 Å². The number of amidine groups is 1. The monoisotopic (exact) mass is 386 g/mol. The molecule has 128 valence electrons. The van der Waals surface area contributed by atoms with Gasteiger partial charge in [-0.15, -0.1) is 11.8 Å². The highest BCUT2D eigenvalue weighted by atomic mass is 32.2. The van der Waals surface area contributed by atoms with Crippen LogP contribution in [0.15, 0.2) is 34.3 Å². The van der Waals surface area contributed by atoms with Gasteiger partial charge < -0.3 is 5.73 Å². The van der Waals surface area contributed by atoms with Gasteiger partial charge in [-0.3, -0.25) is 4.28 Å². The SMILES string of the molecule is N/C(=N/OS(=O)(=O)c1ccc(C(F)(F)F)cc1)[C@H]1CSCCS1. The summed E-state index contributed by atoms with van der Waals surface area (Å²) in [5.41, 5.74) is 4.74. The molecule has 1 aromatic rings. The van der Waals surface area contributed by atoms with Gasteiger partial charge in [0, 0.05) is 17.3 Å². The summed E-state index contributed by atoms with van der Waals surface area (Å²) in [6.07, 6.45) is -4.54. The number of thioether (sulfide) groups is 2. The molecule has 2 N–H and O–H groups in total. The third-order valence-electron chi connectivity index (χ3n) is 2.86. The Morgan fingerprint density at radius 2 is 1.91 bits per heavy atom. The largest absolute Gasteiger partial charge is 0.416 e. The van der Waals surface area contributed by atoms with Gasteiger partial charge in [-0.05, 0) is 24.3 Å². The zero-order chi connectivity index (χ0) is 17.1. The number of rotatable bonds is 4. The van der Waals surface area contributed by atoms with Crippen LogP contribution < -0.4 is 5.73 Å². The molecule has 1 aromatic carbocycles. The molecule has 0 aromatic heterocycles. The zero-order valence-electron chi connectivity index (χ0n) is 11.6. The first-order valence-corrected chi connectivity index (χ1v) is 9.95. The molecule has 1 aliphatic heterocycles. The average Bonchev–Trinajstić information content (AvgIpc) is 2.53. The van der Waals surface area contributed by atoms with Crippen LogP contribution in [-0.2, 0) is 20.6 Å². The van der Waals surface area contributed by atoms with Crippen molar-refractivity contribution in [2.45, 2.75) is 16.3 Å². The number of halogens is 3. The Kier molecular flexibility index (Phi) is 5.74. The lowest BCUT2D eigenvalue weighted by Gasteiger charge is -2.19. The highest BCUT2D eigenvalue weighted by Gasteiger charge is 2.31. The molecule has 2 rings (SSSR count). The molecule has 11 heteroatoms. The second-order valence-electron chi connectivity index (χ2n) is 4.50. The van der Waals surface area contributed by atoms with Gasteiger partial charge in [0.25, 0.3) is 0 Å². The topological polar surface area (TPSA) is 81.8 Å². The maximum atomic E-state index is 12.5. The quantitative estimate of drug-likeness (QED) is 0.487. The van der Waals surface area contributed by atoms with Gasteiger partial charge in [0.05, 0.1) is 10.8 Å². The lowest BCUT2D eigenvalue weighted by Crippen LogP contribution is -2.31. The Morgan fingerprint density at radius 1 is 1.26 bits per heavy atom. The van der Waals surface area contributed by atoms with Crippen molar-refractivity contribution in [3.63, 3.8) is 0 Å². The second kappa shape index (κ2) is 7.22. The highest BCUT2D eigenvalue weighted by molar-refractivity contribution is 8.07. The number of alkyl halides is 3. The van der Waals surface area contributed by atoms with E-state index in [1.165, 1.54) is 0 Å². The Labute approximate surface area is 139 Å². The van der Waals surface area contributed by atoms with Gasteiger partial charge in [-0.1, -0.05) is 5.16 Å². The van der Waals surface area contributed by atoms with Gasteiger partial charge in [-0.2, -0.15) is 33.4 Å². The van der Waals surface area contributed by atoms with E-state index >= 15 is 0 Å². The molecule has 1 fully saturated rings. The summed E-state index contributed by atoms with van der Waals surface area (Å²) in [6, 6.07) is 2.96. The molecule has 0 amide bonds. The van der Waals surface area contributed by atoms with Crippen molar-refractivity contribution in [3.05, 3.63) is 29.8 Å². The van der Waals surface area contributed by atoms with E-state index in [1.54, 1.807) is 23.5 Å². The van der Waals surface area contributed by atoms with Crippen LogP contribution in [-0.4, -0.2) is 36.8 Å². The first-order chi connectivity index (χ1) is 10.7. The highest BCUT2D eigenvalue weighted by Crippen LogP contribution is 2.30. The maximum Gasteiger partial charge on any atom is 0.416 e. The number of hydrogen-bond donors (Lipinski definition) is 1. The third-order valence-corrected chi connectivity index (χ3v) is 6.76. The van der Waals surface area contributed by atoms with Crippen molar-refractivity contribution in [2.75, 3.05) is 17.3 Å². The van der Waals surface area contributed by atoms with Crippen molar-refractivity contribution in [1.29, 1.82) is 0 Å². The van der Waals surface area contributed by atoms with Crippen molar-refractivity contribution >= 4 is 39.5 Å². The molecule has 5 nitrogen and oxygen atoms in total. The molecule has 0 saturated carbocycles. The van der Waals surface area contributed by atoms with E-state index in [9.17, 15) is 21.6 Å². The number of nitrogens with two attached hydrogens (primary N) is 1. The molecule has 1 saturated heterocycles. The van der Waals surface area contributed by atoms with Crippen molar-refractivity contribution in [3.8, 4) is 0 Å². The Hall–Kier alpha value is -1.07. The van der Waals surface area contributed by atoms with E-state index in [1.807, 2.05) is 0 Å². The fourth-order valence-electron chi connectivity index (χ4n) is 1.66. The first kappa shape index (κ1) is 18.3. The van der Waals surface area contributed by atoms with E-state index in [4.69, 9.17) is 5.73 Å². The third kappa shape index (κ3) is 4.95. The number of oxime groups is 1. The molecule has 1 atom stereocenters. The van der Waals surface area contributed by atoms with E-state index in [-0.39, 0.29) is 11.1 Å². The van der Waals surface area contributed by atoms with Crippen LogP contribution >= 0.6 is 23.5 Å². The minimum absolute atomic E-state index is 0.0395. The minimum atomic E-state index is -4.54. The van der Waals surface area contributed by atoms with Crippen molar-refractivity contribution < 1.29 is 25.9 Å². The Bertz CT molecular complexity index is 669. The van der Waals surface area contributed by atoms with Crippen molar-refractivity contribution in [1.82, 2.24) is 0 Å². The van der Waals surface area contributed by atoms with E-state index < -0.39 is 26.8 Å². The summed E-state index contributed by atoms with van der Waals surface area (Å²) < 4.78 is 65.6. The minimum Gasteiger partial charge on any atom is -0.383 e. The van der Waals surface area contributed by atoms with Crippen LogP contribution in [0.4, 0.5) is 13.2 Å². The summed E-state index contributed by atoms with van der Waals surface area (Å²) in [6.45, 7) is 0. The molecular weight excluding hydrogens is 373 g/mol. The molecule has 1 aliphatic rings. The van der Waals surface area contributed by atoms with Crippen LogP contribution in [0.3, 0.4) is 0 Å². The summed E-state index contributed by atoms with van der Waals surface area (Å²) in [5, 5.41) is 3.28. The normalized spacial score (nSPS) is 20.3. The van der Waals surface area contributed by atoms with Crippen LogP contribution in [0.1, 0.15) is 5.56 Å². The molecule has 0 unspecified atom stereocenters. The summed E-state index contributed by atoms with van der Waals surface area (Å²) in [7, 11) is -4.31. The first-order valence-electron chi connectivity index (χ1n) is 6.34. The van der Waals surface area contributed by atoms with E-state index in [0.717, 1.165) is 23.6 Å². The van der Waals surface area contributed by atoms with Gasteiger partial charge in [0.1, 0.15) is 4.90 Å². The number of hydrogen-bond acceptors (Lipinski definition) is 6. The average molecular weight is 386 g/mol. The lowest BCUT2D eigenvalue weighted by atomic mass is 10.2. The number of benzene rings is 1. The predicted molar refractivity (Wildman–Crippen MR) is 84.9 cm³/mol. The fraction of sp³-hybridized carbons (Fsp3) is 0.417. The Morgan fingerprint density at radius 3 is 2.43 bits per heavy atom. The molecule has 1 heterocycles. The second-order valence-corrected chi connectivity index (χ2v) is 8.49. The molecule has 0 aliphatic carbocycles. The zero-order valence-corrected chi connectivity index (χ0v) is 14.1. The molecular formula is C12H13F3N2O3S3. The smallest absolute Gasteiger partial charge is 0.383 e. The van der Waals surface area contributed by atoms with Crippen molar-refractivity contribution in [2.24, 2.45) is 10.9 Å². The lowest BCUT2D eigenvalue weighted by molar-refractivity contribution is -0.137. The summed E-state index contributed by atoms with van der Waals surface area (Å²) in [5.74, 6) is 2.60. The van der Waals surface area contributed by atoms with Gasteiger partial charge in [0.15, 0.2) is 5.84 Å². The maximum absolute atomic E-state index is 12.5. The summed E-state index contributed by atoms with van der Waals surface area (Å²) in [4.78, 5) is -0.423. The van der Waals surface area contributed by atoms with Gasteiger partial charge in [0.2, 0.25) is 0 Å². The van der Waals surface area contributed by atoms with E-state index in [0.29, 0.717) is 17.9 Å². The van der Waals surface area contributed by atoms with Crippen LogP contribution in [0.25, 0.3) is 0 Å². The van der Waals surface area contributed by atoms with Gasteiger partial charge in [-0.25, -0.2) is 0 Å². The van der Waals surface area contributed by atoms with Crippen LogP contribution in [0.5, 0.6) is 0 Å². The Balaban J connectivity index is 2.09. The molecule has 0 spiro atoms.